The topological polar surface area (TPSA) is 52.3 Å². The molecule has 0 atom stereocenters. The van der Waals surface area contributed by atoms with Crippen LogP contribution in [0.1, 0.15) is 10.6 Å². The molecule has 0 radical (unpaired) electrons. The zero-order chi connectivity index (χ0) is 8.10. The highest BCUT2D eigenvalue weighted by Gasteiger charge is 2.02. The SMILES string of the molecule is O=Cc1cc(OCCF)no1. The average molecular weight is 159 g/mol. The van der Waals surface area contributed by atoms with Crippen LogP contribution in [0.4, 0.5) is 4.39 Å². The molecule has 0 unspecified atom stereocenters. The minimum Gasteiger partial charge on any atom is -0.473 e. The zero-order valence-corrected chi connectivity index (χ0v) is 5.62. The van der Waals surface area contributed by atoms with Gasteiger partial charge in [-0.3, -0.25) is 4.79 Å². The Labute approximate surface area is 61.9 Å². The molecule has 0 aliphatic carbocycles. The molecule has 0 fully saturated rings. The fourth-order valence-electron chi connectivity index (χ4n) is 0.539. The van der Waals surface area contributed by atoms with Crippen LogP contribution in [0.3, 0.4) is 0 Å². The third-order valence-corrected chi connectivity index (χ3v) is 0.950. The molecular weight excluding hydrogens is 153 g/mol. The van der Waals surface area contributed by atoms with Gasteiger partial charge in [0.2, 0.25) is 5.76 Å². The van der Waals surface area contributed by atoms with E-state index in [-0.39, 0.29) is 18.2 Å². The monoisotopic (exact) mass is 159 g/mol. The van der Waals surface area contributed by atoms with Crippen LogP contribution < -0.4 is 4.74 Å². The molecule has 4 nitrogen and oxygen atoms in total. The number of alkyl halides is 1. The van der Waals surface area contributed by atoms with Crippen molar-refractivity contribution in [3.63, 3.8) is 0 Å². The normalized spacial score (nSPS) is 9.55. The lowest BCUT2D eigenvalue weighted by Crippen LogP contribution is -1.98. The molecule has 0 bridgehead atoms. The summed E-state index contributed by atoms with van der Waals surface area (Å²) in [5.41, 5.74) is 0. The van der Waals surface area contributed by atoms with Crippen molar-refractivity contribution in [1.29, 1.82) is 0 Å². The Bertz CT molecular complexity index is 235. The number of hydrogen-bond acceptors (Lipinski definition) is 4. The van der Waals surface area contributed by atoms with Crippen LogP contribution in [0, 0.1) is 0 Å². The smallest absolute Gasteiger partial charge is 0.254 e. The van der Waals surface area contributed by atoms with Crippen molar-refractivity contribution in [1.82, 2.24) is 5.16 Å². The summed E-state index contributed by atoms with van der Waals surface area (Å²) in [6, 6.07) is 1.29. The molecule has 5 heteroatoms. The van der Waals surface area contributed by atoms with Gasteiger partial charge in [-0.25, -0.2) is 4.39 Å². The van der Waals surface area contributed by atoms with E-state index in [1.165, 1.54) is 6.07 Å². The first-order valence-electron chi connectivity index (χ1n) is 2.97. The molecule has 1 aromatic rings. The van der Waals surface area contributed by atoms with E-state index in [9.17, 15) is 9.18 Å². The molecule has 0 spiro atoms. The standard InChI is InChI=1S/C6H6FNO3/c7-1-2-10-6-3-5(4-9)11-8-6/h3-4H,1-2H2. The Balaban J connectivity index is 2.51. The number of aldehydes is 1. The van der Waals surface area contributed by atoms with Crippen molar-refractivity contribution in [2.75, 3.05) is 13.3 Å². The Kier molecular flexibility index (Phi) is 2.59. The second-order valence-electron chi connectivity index (χ2n) is 1.72. The molecule has 0 saturated carbocycles. The molecule has 1 aromatic heterocycles. The van der Waals surface area contributed by atoms with Gasteiger partial charge in [-0.15, -0.1) is 0 Å². The largest absolute Gasteiger partial charge is 0.473 e. The number of halogens is 1. The van der Waals surface area contributed by atoms with Gasteiger partial charge in [-0.2, -0.15) is 0 Å². The van der Waals surface area contributed by atoms with E-state index in [2.05, 4.69) is 9.68 Å². The van der Waals surface area contributed by atoms with Gasteiger partial charge in [-0.1, -0.05) is 0 Å². The Hall–Kier alpha value is -1.39. The summed E-state index contributed by atoms with van der Waals surface area (Å²) < 4.78 is 20.7. The van der Waals surface area contributed by atoms with Crippen molar-refractivity contribution in [2.24, 2.45) is 0 Å². The van der Waals surface area contributed by atoms with Crippen LogP contribution in [-0.2, 0) is 0 Å². The van der Waals surface area contributed by atoms with E-state index in [1.807, 2.05) is 0 Å². The maximum absolute atomic E-state index is 11.5. The van der Waals surface area contributed by atoms with Crippen molar-refractivity contribution < 1.29 is 18.4 Å². The van der Waals surface area contributed by atoms with Crippen LogP contribution in [0.15, 0.2) is 10.6 Å². The third kappa shape index (κ3) is 2.03. The molecule has 11 heavy (non-hydrogen) atoms. The molecule has 0 aromatic carbocycles. The Morgan fingerprint density at radius 2 is 2.64 bits per heavy atom. The highest BCUT2D eigenvalue weighted by atomic mass is 19.1. The second kappa shape index (κ2) is 3.70. The number of carbonyl (C=O) groups excluding carboxylic acids is 1. The molecule has 0 saturated heterocycles. The van der Waals surface area contributed by atoms with Crippen LogP contribution in [0.2, 0.25) is 0 Å². The summed E-state index contributed by atoms with van der Waals surface area (Å²) in [5, 5.41) is 3.33. The molecule has 60 valence electrons. The fourth-order valence-corrected chi connectivity index (χ4v) is 0.539. The highest BCUT2D eigenvalue weighted by molar-refractivity contribution is 5.70. The average Bonchev–Trinajstić information content (AvgIpc) is 2.48. The summed E-state index contributed by atoms with van der Waals surface area (Å²) in [5.74, 6) is 0.198. The Morgan fingerprint density at radius 3 is 3.18 bits per heavy atom. The summed E-state index contributed by atoms with van der Waals surface area (Å²) >= 11 is 0. The third-order valence-electron chi connectivity index (χ3n) is 0.950. The second-order valence-corrected chi connectivity index (χ2v) is 1.72. The van der Waals surface area contributed by atoms with Gasteiger partial charge in [0.05, 0.1) is 6.07 Å². The number of hydrogen-bond donors (Lipinski definition) is 0. The van der Waals surface area contributed by atoms with Crippen molar-refractivity contribution in [2.45, 2.75) is 0 Å². The van der Waals surface area contributed by atoms with E-state index in [0.717, 1.165) is 0 Å². The number of carbonyl (C=O) groups is 1. The number of ether oxygens (including phenoxy) is 1. The van der Waals surface area contributed by atoms with Gasteiger partial charge in [-0.05, 0) is 5.16 Å². The summed E-state index contributed by atoms with van der Waals surface area (Å²) in [6.45, 7) is -0.673. The lowest BCUT2D eigenvalue weighted by atomic mass is 10.5. The number of aromatic nitrogens is 1. The first-order chi connectivity index (χ1) is 5.36. The molecule has 0 N–H and O–H groups in total. The Morgan fingerprint density at radius 1 is 1.82 bits per heavy atom. The predicted molar refractivity (Wildman–Crippen MR) is 33.4 cm³/mol. The maximum Gasteiger partial charge on any atom is 0.254 e. The maximum atomic E-state index is 11.5. The van der Waals surface area contributed by atoms with E-state index in [0.29, 0.717) is 6.29 Å². The molecule has 0 aliphatic rings. The van der Waals surface area contributed by atoms with Crippen molar-refractivity contribution in [3.8, 4) is 5.88 Å². The van der Waals surface area contributed by atoms with E-state index in [4.69, 9.17) is 4.74 Å². The van der Waals surface area contributed by atoms with Gasteiger partial charge < -0.3 is 9.26 Å². The lowest BCUT2D eigenvalue weighted by Gasteiger charge is -1.93. The first-order valence-corrected chi connectivity index (χ1v) is 2.97. The molecule has 0 aliphatic heterocycles. The lowest BCUT2D eigenvalue weighted by molar-refractivity contribution is 0.109. The summed E-state index contributed by atoms with van der Waals surface area (Å²) in [7, 11) is 0. The van der Waals surface area contributed by atoms with Crippen molar-refractivity contribution >= 4 is 6.29 Å². The minimum absolute atomic E-state index is 0.0684. The van der Waals surface area contributed by atoms with Gasteiger partial charge in [0, 0.05) is 0 Å². The van der Waals surface area contributed by atoms with Gasteiger partial charge >= 0.3 is 0 Å². The molecule has 1 rings (SSSR count). The van der Waals surface area contributed by atoms with E-state index < -0.39 is 6.67 Å². The zero-order valence-electron chi connectivity index (χ0n) is 5.62. The predicted octanol–water partition coefficient (Wildman–Crippen LogP) is 0.835. The van der Waals surface area contributed by atoms with Gasteiger partial charge in [0.1, 0.15) is 13.3 Å². The number of rotatable bonds is 4. The van der Waals surface area contributed by atoms with E-state index in [1.54, 1.807) is 0 Å². The van der Waals surface area contributed by atoms with Crippen LogP contribution >= 0.6 is 0 Å². The number of nitrogens with zero attached hydrogens (tertiary/aromatic N) is 1. The molecule has 1 heterocycles. The quantitative estimate of drug-likeness (QED) is 0.610. The van der Waals surface area contributed by atoms with Gasteiger partial charge in [0.15, 0.2) is 6.29 Å². The molecular formula is C6H6FNO3. The minimum atomic E-state index is -0.594. The fraction of sp³-hybridized carbons (Fsp3) is 0.333. The van der Waals surface area contributed by atoms with Crippen LogP contribution in [0.25, 0.3) is 0 Å². The summed E-state index contributed by atoms with van der Waals surface area (Å²) in [6.07, 6.45) is 0.495. The van der Waals surface area contributed by atoms with Crippen LogP contribution in [0.5, 0.6) is 5.88 Å². The summed E-state index contributed by atoms with van der Waals surface area (Å²) in [4.78, 5) is 10.0. The molecule has 0 amide bonds. The highest BCUT2D eigenvalue weighted by Crippen LogP contribution is 2.08. The van der Waals surface area contributed by atoms with Gasteiger partial charge in [0.25, 0.3) is 5.88 Å². The van der Waals surface area contributed by atoms with Crippen molar-refractivity contribution in [3.05, 3.63) is 11.8 Å². The van der Waals surface area contributed by atoms with E-state index >= 15 is 0 Å². The first kappa shape index (κ1) is 7.71. The van der Waals surface area contributed by atoms with Crippen LogP contribution in [-0.4, -0.2) is 24.7 Å².